The molecule has 88 valence electrons. The molecule has 3 aromatic rings. The van der Waals surface area contributed by atoms with Crippen LogP contribution in [-0.4, -0.2) is 10.8 Å². The summed E-state index contributed by atoms with van der Waals surface area (Å²) in [5.41, 5.74) is 3.05. The van der Waals surface area contributed by atoms with Crippen molar-refractivity contribution in [3.8, 4) is 11.5 Å². The van der Waals surface area contributed by atoms with Gasteiger partial charge in [0.15, 0.2) is 11.4 Å². The highest BCUT2D eigenvalue weighted by Crippen LogP contribution is 2.24. The summed E-state index contributed by atoms with van der Waals surface area (Å²) in [6.45, 7) is 1.55. The van der Waals surface area contributed by atoms with Crippen molar-refractivity contribution < 1.29 is 9.21 Å². The Bertz CT molecular complexity index is 695. The van der Waals surface area contributed by atoms with Gasteiger partial charge in [-0.15, -0.1) is 0 Å². The number of hydrogen-bond acceptors (Lipinski definition) is 3. The average molecular weight is 237 g/mol. The van der Waals surface area contributed by atoms with Gasteiger partial charge in [0, 0.05) is 11.1 Å². The number of ketones is 1. The maximum absolute atomic E-state index is 11.4. The molecular formula is C15H11NO2. The molecule has 0 radical (unpaired) electrons. The lowest BCUT2D eigenvalue weighted by atomic mass is 10.1. The van der Waals surface area contributed by atoms with Crippen molar-refractivity contribution in [1.82, 2.24) is 4.98 Å². The van der Waals surface area contributed by atoms with E-state index in [1.54, 1.807) is 19.1 Å². The van der Waals surface area contributed by atoms with E-state index in [0.29, 0.717) is 11.5 Å². The van der Waals surface area contributed by atoms with Gasteiger partial charge in [-0.2, -0.15) is 0 Å². The van der Waals surface area contributed by atoms with Crippen LogP contribution in [0.5, 0.6) is 0 Å². The van der Waals surface area contributed by atoms with E-state index < -0.39 is 0 Å². The Labute approximate surface area is 104 Å². The molecule has 0 bridgehead atoms. The molecule has 3 rings (SSSR count). The van der Waals surface area contributed by atoms with Crippen LogP contribution in [0.4, 0.5) is 0 Å². The molecule has 0 aliphatic carbocycles. The number of carbonyl (C=O) groups is 1. The zero-order valence-electron chi connectivity index (χ0n) is 9.88. The predicted molar refractivity (Wildman–Crippen MR) is 69.4 cm³/mol. The van der Waals surface area contributed by atoms with E-state index in [1.807, 2.05) is 36.4 Å². The molecule has 2 aromatic carbocycles. The van der Waals surface area contributed by atoms with Crippen LogP contribution in [0.15, 0.2) is 52.9 Å². The number of hydrogen-bond donors (Lipinski definition) is 0. The zero-order chi connectivity index (χ0) is 12.5. The molecule has 0 atom stereocenters. The number of carbonyl (C=O) groups excluding carboxylic acids is 1. The lowest BCUT2D eigenvalue weighted by molar-refractivity contribution is 0.101. The summed E-state index contributed by atoms with van der Waals surface area (Å²) < 4.78 is 5.67. The van der Waals surface area contributed by atoms with Crippen LogP contribution >= 0.6 is 0 Å². The van der Waals surface area contributed by atoms with E-state index in [9.17, 15) is 4.79 Å². The van der Waals surface area contributed by atoms with Gasteiger partial charge in [0.05, 0.1) is 0 Å². The Morgan fingerprint density at radius 3 is 2.72 bits per heavy atom. The molecule has 3 nitrogen and oxygen atoms in total. The number of fused-ring (bicyclic) bond motifs is 1. The summed E-state index contributed by atoms with van der Waals surface area (Å²) in [6.07, 6.45) is 0. The minimum absolute atomic E-state index is 0.0351. The van der Waals surface area contributed by atoms with Crippen LogP contribution in [0, 0.1) is 0 Å². The second-order valence-electron chi connectivity index (χ2n) is 4.12. The quantitative estimate of drug-likeness (QED) is 0.638. The molecule has 0 N–H and O–H groups in total. The average Bonchev–Trinajstić information content (AvgIpc) is 2.82. The van der Waals surface area contributed by atoms with E-state index in [2.05, 4.69) is 4.98 Å². The highest BCUT2D eigenvalue weighted by atomic mass is 16.3. The van der Waals surface area contributed by atoms with Gasteiger partial charge in [-0.1, -0.05) is 24.3 Å². The molecule has 1 aromatic heterocycles. The summed E-state index contributed by atoms with van der Waals surface area (Å²) in [4.78, 5) is 15.8. The molecule has 3 heteroatoms. The second kappa shape index (κ2) is 4.11. The lowest BCUT2D eigenvalue weighted by Gasteiger charge is -1.98. The van der Waals surface area contributed by atoms with Crippen molar-refractivity contribution in [2.45, 2.75) is 6.92 Å². The largest absolute Gasteiger partial charge is 0.436 e. The summed E-state index contributed by atoms with van der Waals surface area (Å²) in [7, 11) is 0. The number of aromatic nitrogens is 1. The van der Waals surface area contributed by atoms with Crippen molar-refractivity contribution in [1.29, 1.82) is 0 Å². The van der Waals surface area contributed by atoms with Crippen molar-refractivity contribution in [3.05, 3.63) is 54.1 Å². The third-order valence-corrected chi connectivity index (χ3v) is 2.81. The molecule has 1 heterocycles. The van der Waals surface area contributed by atoms with Crippen molar-refractivity contribution in [2.24, 2.45) is 0 Å². The minimum atomic E-state index is 0.0351. The van der Waals surface area contributed by atoms with Crippen LogP contribution in [-0.2, 0) is 0 Å². The van der Waals surface area contributed by atoms with Gasteiger partial charge in [0.1, 0.15) is 5.52 Å². The zero-order valence-corrected chi connectivity index (χ0v) is 9.88. The normalized spacial score (nSPS) is 10.7. The number of para-hydroxylation sites is 2. The van der Waals surface area contributed by atoms with E-state index in [1.165, 1.54) is 0 Å². The third kappa shape index (κ3) is 1.80. The maximum Gasteiger partial charge on any atom is 0.227 e. The van der Waals surface area contributed by atoms with Gasteiger partial charge >= 0.3 is 0 Å². The Balaban J connectivity index is 2.13. The van der Waals surface area contributed by atoms with Gasteiger partial charge in [-0.3, -0.25) is 4.79 Å². The molecular weight excluding hydrogens is 226 g/mol. The molecule has 0 fully saturated rings. The van der Waals surface area contributed by atoms with Gasteiger partial charge in [0.25, 0.3) is 0 Å². The van der Waals surface area contributed by atoms with E-state index >= 15 is 0 Å². The predicted octanol–water partition coefficient (Wildman–Crippen LogP) is 3.70. The van der Waals surface area contributed by atoms with Crippen molar-refractivity contribution in [3.63, 3.8) is 0 Å². The van der Waals surface area contributed by atoms with Crippen LogP contribution in [0.2, 0.25) is 0 Å². The molecule has 18 heavy (non-hydrogen) atoms. The minimum Gasteiger partial charge on any atom is -0.436 e. The van der Waals surface area contributed by atoms with Gasteiger partial charge in [-0.25, -0.2) is 4.98 Å². The van der Waals surface area contributed by atoms with Crippen molar-refractivity contribution >= 4 is 16.9 Å². The Morgan fingerprint density at radius 2 is 1.94 bits per heavy atom. The number of oxazole rings is 1. The number of benzene rings is 2. The van der Waals surface area contributed by atoms with E-state index in [0.717, 1.165) is 16.7 Å². The first-order valence-corrected chi connectivity index (χ1v) is 5.71. The van der Waals surface area contributed by atoms with E-state index in [-0.39, 0.29) is 5.78 Å². The number of nitrogens with zero attached hydrogens (tertiary/aromatic N) is 1. The standard InChI is InChI=1S/C15H11NO2/c1-10(17)11-5-4-6-12(9-11)15-16-13-7-2-3-8-14(13)18-15/h2-9H,1H3. The van der Waals surface area contributed by atoms with Gasteiger partial charge in [0.2, 0.25) is 5.89 Å². The van der Waals surface area contributed by atoms with E-state index in [4.69, 9.17) is 4.42 Å². The summed E-state index contributed by atoms with van der Waals surface area (Å²) in [5, 5.41) is 0. The summed E-state index contributed by atoms with van der Waals surface area (Å²) in [5.74, 6) is 0.576. The second-order valence-corrected chi connectivity index (χ2v) is 4.12. The molecule has 0 spiro atoms. The van der Waals surface area contributed by atoms with Crippen LogP contribution < -0.4 is 0 Å². The number of Topliss-reactive ketones (excluding diaryl/α,β-unsaturated/α-hetero) is 1. The smallest absolute Gasteiger partial charge is 0.227 e. The molecule has 0 amide bonds. The molecule has 0 aliphatic heterocycles. The van der Waals surface area contributed by atoms with Crippen LogP contribution in [0.3, 0.4) is 0 Å². The monoisotopic (exact) mass is 237 g/mol. The van der Waals surface area contributed by atoms with Crippen LogP contribution in [0.1, 0.15) is 17.3 Å². The summed E-state index contributed by atoms with van der Waals surface area (Å²) >= 11 is 0. The van der Waals surface area contributed by atoms with Crippen LogP contribution in [0.25, 0.3) is 22.6 Å². The Kier molecular flexibility index (Phi) is 2.45. The first-order chi connectivity index (χ1) is 8.74. The lowest BCUT2D eigenvalue weighted by Crippen LogP contribution is -1.91. The Morgan fingerprint density at radius 1 is 1.11 bits per heavy atom. The molecule has 0 unspecified atom stereocenters. The molecule has 0 saturated carbocycles. The fourth-order valence-electron chi connectivity index (χ4n) is 1.87. The summed E-state index contributed by atoms with van der Waals surface area (Å²) in [6, 6.07) is 14.9. The topological polar surface area (TPSA) is 43.1 Å². The maximum atomic E-state index is 11.4. The highest BCUT2D eigenvalue weighted by molar-refractivity contribution is 5.95. The molecule has 0 saturated heterocycles. The van der Waals surface area contributed by atoms with Gasteiger partial charge < -0.3 is 4.42 Å². The van der Waals surface area contributed by atoms with Crippen molar-refractivity contribution in [2.75, 3.05) is 0 Å². The SMILES string of the molecule is CC(=O)c1cccc(-c2nc3ccccc3o2)c1. The van der Waals surface area contributed by atoms with Gasteiger partial charge in [-0.05, 0) is 31.2 Å². The highest BCUT2D eigenvalue weighted by Gasteiger charge is 2.09. The Hall–Kier alpha value is -2.42. The first-order valence-electron chi connectivity index (χ1n) is 5.71. The fraction of sp³-hybridized carbons (Fsp3) is 0.0667. The third-order valence-electron chi connectivity index (χ3n) is 2.81. The fourth-order valence-corrected chi connectivity index (χ4v) is 1.87. The number of rotatable bonds is 2. The first kappa shape index (κ1) is 10.7. The molecule has 0 aliphatic rings.